The van der Waals surface area contributed by atoms with Gasteiger partial charge >= 0.3 is 0 Å². The Morgan fingerprint density at radius 1 is 1.44 bits per heavy atom. The third-order valence-corrected chi connectivity index (χ3v) is 1.61. The van der Waals surface area contributed by atoms with Crippen LogP contribution >= 0.6 is 0 Å². The van der Waals surface area contributed by atoms with Crippen molar-refractivity contribution >= 4 is 0 Å². The molecule has 2 heteroatoms. The van der Waals surface area contributed by atoms with E-state index >= 15 is 0 Å². The fourth-order valence-corrected chi connectivity index (χ4v) is 0.938. The fraction of sp³-hybridized carbons (Fsp3) is 1.00. The molecule has 0 aromatic heterocycles. The van der Waals surface area contributed by atoms with Gasteiger partial charge in [0.1, 0.15) is 0 Å². The van der Waals surface area contributed by atoms with Gasteiger partial charge in [-0.15, -0.1) is 0 Å². The van der Waals surface area contributed by atoms with Crippen molar-refractivity contribution in [3.8, 4) is 0 Å². The summed E-state index contributed by atoms with van der Waals surface area (Å²) in [4.78, 5) is 9.80. The minimum absolute atomic E-state index is 0.504. The number of nitrogens with zero attached hydrogens (tertiary/aromatic N) is 1. The lowest BCUT2D eigenvalue weighted by Crippen LogP contribution is -2.01. The van der Waals surface area contributed by atoms with E-state index in [1.807, 2.05) is 0 Å². The van der Waals surface area contributed by atoms with Crippen molar-refractivity contribution < 1.29 is 0 Å². The molecule has 1 unspecified atom stereocenters. The Bertz CT molecular complexity index is 73.3. The summed E-state index contributed by atoms with van der Waals surface area (Å²) in [7, 11) is 0. The largest absolute Gasteiger partial charge is 0.151 e. The lowest BCUT2D eigenvalue weighted by Gasteiger charge is -2.06. The van der Waals surface area contributed by atoms with Gasteiger partial charge in [-0.25, -0.2) is 0 Å². The van der Waals surface area contributed by atoms with Crippen LogP contribution in [0.25, 0.3) is 0 Å². The summed E-state index contributed by atoms with van der Waals surface area (Å²) in [6.45, 7) is 4.74. The molecule has 0 aliphatic carbocycles. The molecule has 0 fully saturated rings. The van der Waals surface area contributed by atoms with Crippen LogP contribution in [0.2, 0.25) is 0 Å². The molecule has 0 bridgehead atoms. The molecular weight excluding hydrogens is 114 g/mol. The second-order valence-electron chi connectivity index (χ2n) is 2.37. The minimum Gasteiger partial charge on any atom is -0.151 e. The van der Waals surface area contributed by atoms with Crippen molar-refractivity contribution in [2.75, 3.05) is 6.54 Å². The highest BCUT2D eigenvalue weighted by molar-refractivity contribution is 4.57. The highest BCUT2D eigenvalue weighted by atomic mass is 16.3. The molecule has 54 valence electrons. The van der Waals surface area contributed by atoms with Crippen LogP contribution in [0.4, 0.5) is 0 Å². The number of nitroso groups, excluding NO2 is 1. The quantitative estimate of drug-likeness (QED) is 0.524. The van der Waals surface area contributed by atoms with Gasteiger partial charge in [0.25, 0.3) is 0 Å². The Morgan fingerprint density at radius 3 is 2.44 bits per heavy atom. The maximum Gasteiger partial charge on any atom is 0.0839 e. The number of rotatable bonds is 5. The molecular formula is C7H15NO. The SMILES string of the molecule is CCCC(CC)CN=O. The second-order valence-corrected chi connectivity index (χ2v) is 2.37. The molecule has 0 spiro atoms. The molecule has 0 saturated heterocycles. The summed E-state index contributed by atoms with van der Waals surface area (Å²) in [5, 5.41) is 2.88. The zero-order valence-electron chi connectivity index (χ0n) is 6.26. The molecule has 0 rings (SSSR count). The van der Waals surface area contributed by atoms with Gasteiger partial charge in [-0.2, -0.15) is 4.91 Å². The summed E-state index contributed by atoms with van der Waals surface area (Å²) in [5.74, 6) is 0.535. The maximum atomic E-state index is 9.80. The van der Waals surface area contributed by atoms with Crippen LogP contribution in [-0.4, -0.2) is 6.54 Å². The first-order valence-electron chi connectivity index (χ1n) is 3.64. The van der Waals surface area contributed by atoms with Crippen molar-refractivity contribution in [2.24, 2.45) is 11.1 Å². The first-order chi connectivity index (χ1) is 4.35. The molecule has 0 aromatic carbocycles. The molecule has 1 atom stereocenters. The third kappa shape index (κ3) is 4.13. The Labute approximate surface area is 56.6 Å². The summed E-state index contributed by atoms with van der Waals surface area (Å²) in [6.07, 6.45) is 3.38. The van der Waals surface area contributed by atoms with Crippen molar-refractivity contribution in [1.82, 2.24) is 0 Å². The van der Waals surface area contributed by atoms with Crippen molar-refractivity contribution in [1.29, 1.82) is 0 Å². The van der Waals surface area contributed by atoms with Gasteiger partial charge in [-0.3, -0.25) is 0 Å². The average Bonchev–Trinajstić information content (AvgIpc) is 1.88. The Kier molecular flexibility index (Phi) is 5.48. The average molecular weight is 129 g/mol. The molecule has 0 heterocycles. The molecule has 0 aromatic rings. The molecule has 0 N–H and O–H groups in total. The van der Waals surface area contributed by atoms with Crippen LogP contribution in [0.1, 0.15) is 33.1 Å². The van der Waals surface area contributed by atoms with E-state index in [4.69, 9.17) is 0 Å². The van der Waals surface area contributed by atoms with E-state index in [9.17, 15) is 4.91 Å². The summed E-state index contributed by atoms with van der Waals surface area (Å²) in [5.41, 5.74) is 0. The van der Waals surface area contributed by atoms with E-state index in [1.54, 1.807) is 0 Å². The molecule has 9 heavy (non-hydrogen) atoms. The van der Waals surface area contributed by atoms with Gasteiger partial charge in [0.2, 0.25) is 0 Å². The highest BCUT2D eigenvalue weighted by Gasteiger charge is 2.02. The van der Waals surface area contributed by atoms with Crippen molar-refractivity contribution in [3.63, 3.8) is 0 Å². The van der Waals surface area contributed by atoms with E-state index in [0.717, 1.165) is 19.3 Å². The molecule has 0 radical (unpaired) electrons. The first kappa shape index (κ1) is 8.60. The summed E-state index contributed by atoms with van der Waals surface area (Å²) in [6, 6.07) is 0. The van der Waals surface area contributed by atoms with Gasteiger partial charge < -0.3 is 0 Å². The number of hydrogen-bond acceptors (Lipinski definition) is 2. The van der Waals surface area contributed by atoms with E-state index in [1.165, 1.54) is 0 Å². The summed E-state index contributed by atoms with van der Waals surface area (Å²) < 4.78 is 0. The zero-order chi connectivity index (χ0) is 7.11. The van der Waals surface area contributed by atoms with Crippen LogP contribution in [0.5, 0.6) is 0 Å². The third-order valence-electron chi connectivity index (χ3n) is 1.61. The van der Waals surface area contributed by atoms with E-state index in [2.05, 4.69) is 19.0 Å². The normalized spacial score (nSPS) is 13.1. The molecule has 2 nitrogen and oxygen atoms in total. The monoisotopic (exact) mass is 129 g/mol. The van der Waals surface area contributed by atoms with Gasteiger partial charge in [0.15, 0.2) is 0 Å². The van der Waals surface area contributed by atoms with Gasteiger partial charge in [-0.1, -0.05) is 31.9 Å². The second kappa shape index (κ2) is 5.73. The van der Waals surface area contributed by atoms with E-state index in [-0.39, 0.29) is 0 Å². The summed E-state index contributed by atoms with van der Waals surface area (Å²) >= 11 is 0. The number of hydrogen-bond donors (Lipinski definition) is 0. The van der Waals surface area contributed by atoms with Crippen molar-refractivity contribution in [2.45, 2.75) is 33.1 Å². The van der Waals surface area contributed by atoms with Crippen LogP contribution in [0, 0.1) is 10.8 Å². The predicted molar refractivity (Wildman–Crippen MR) is 39.4 cm³/mol. The van der Waals surface area contributed by atoms with Crippen LogP contribution in [-0.2, 0) is 0 Å². The molecule has 0 aliphatic rings. The van der Waals surface area contributed by atoms with Crippen LogP contribution in [0.15, 0.2) is 5.18 Å². The Morgan fingerprint density at radius 2 is 2.11 bits per heavy atom. The van der Waals surface area contributed by atoms with Gasteiger partial charge in [0, 0.05) is 0 Å². The fourth-order valence-electron chi connectivity index (χ4n) is 0.938. The van der Waals surface area contributed by atoms with Crippen LogP contribution in [0.3, 0.4) is 0 Å². The Hall–Kier alpha value is -0.400. The standard InChI is InChI=1S/C7H15NO/c1-3-5-7(4-2)6-8-9/h7H,3-6H2,1-2H3. The highest BCUT2D eigenvalue weighted by Crippen LogP contribution is 2.09. The smallest absolute Gasteiger partial charge is 0.0839 e. The van der Waals surface area contributed by atoms with E-state index in [0.29, 0.717) is 12.5 Å². The van der Waals surface area contributed by atoms with Crippen molar-refractivity contribution in [3.05, 3.63) is 4.91 Å². The van der Waals surface area contributed by atoms with E-state index < -0.39 is 0 Å². The predicted octanol–water partition coefficient (Wildman–Crippen LogP) is 2.58. The molecule has 0 saturated carbocycles. The lowest BCUT2D eigenvalue weighted by atomic mass is 10.0. The lowest BCUT2D eigenvalue weighted by molar-refractivity contribution is 0.475. The molecule has 0 aliphatic heterocycles. The maximum absolute atomic E-state index is 9.80. The molecule has 0 amide bonds. The topological polar surface area (TPSA) is 29.4 Å². The van der Waals surface area contributed by atoms with Gasteiger partial charge in [0.05, 0.1) is 6.54 Å². The Balaban J connectivity index is 3.28. The zero-order valence-corrected chi connectivity index (χ0v) is 6.26. The minimum atomic E-state index is 0.504. The first-order valence-corrected chi connectivity index (χ1v) is 3.64. The van der Waals surface area contributed by atoms with Gasteiger partial charge in [-0.05, 0) is 12.3 Å². The van der Waals surface area contributed by atoms with Crippen LogP contribution < -0.4 is 0 Å².